The van der Waals surface area contributed by atoms with Gasteiger partial charge < -0.3 is 10.1 Å². The maximum absolute atomic E-state index is 12.6. The minimum Gasteiger partial charge on any atom is -0.493 e. The van der Waals surface area contributed by atoms with Crippen molar-refractivity contribution < 1.29 is 13.5 Å². The van der Waals surface area contributed by atoms with Crippen LogP contribution in [0.1, 0.15) is 11.5 Å². The Bertz CT molecular complexity index is 621. The molecule has 1 N–H and O–H groups in total. The van der Waals surface area contributed by atoms with E-state index in [1.165, 1.54) is 5.56 Å². The fraction of sp³-hybridized carbons (Fsp3) is 0.250. The molecule has 0 saturated heterocycles. The molecule has 2 nitrogen and oxygen atoms in total. The monoisotopic (exact) mass is 307 g/mol. The highest BCUT2D eigenvalue weighted by molar-refractivity contribution is 7.99. The summed E-state index contributed by atoms with van der Waals surface area (Å²) >= 11 is 0.566. The van der Waals surface area contributed by atoms with E-state index in [-0.39, 0.29) is 5.92 Å². The molecule has 0 fully saturated rings. The SMILES string of the molecule is FC(F)Sc1ccccc1NCC1COc2ccccc21. The molecule has 0 amide bonds. The molecular formula is C16H15F2NOS. The summed E-state index contributed by atoms with van der Waals surface area (Å²) in [6.45, 7) is 1.29. The summed E-state index contributed by atoms with van der Waals surface area (Å²) in [5.41, 5.74) is 1.91. The van der Waals surface area contributed by atoms with Crippen LogP contribution in [0.4, 0.5) is 14.5 Å². The van der Waals surface area contributed by atoms with Gasteiger partial charge in [-0.25, -0.2) is 0 Å². The van der Waals surface area contributed by atoms with Gasteiger partial charge in [-0.05, 0) is 18.2 Å². The van der Waals surface area contributed by atoms with Crippen molar-refractivity contribution in [3.05, 3.63) is 54.1 Å². The topological polar surface area (TPSA) is 21.3 Å². The molecule has 2 aromatic rings. The number of ether oxygens (including phenoxy) is 1. The van der Waals surface area contributed by atoms with Gasteiger partial charge in [-0.1, -0.05) is 42.1 Å². The van der Waals surface area contributed by atoms with Crippen LogP contribution < -0.4 is 10.1 Å². The zero-order valence-corrected chi connectivity index (χ0v) is 12.1. The molecule has 1 aliphatic rings. The molecule has 110 valence electrons. The first-order valence-electron chi connectivity index (χ1n) is 6.73. The highest BCUT2D eigenvalue weighted by Crippen LogP contribution is 2.35. The van der Waals surface area contributed by atoms with Crippen molar-refractivity contribution in [1.29, 1.82) is 0 Å². The van der Waals surface area contributed by atoms with Crippen LogP contribution in [0.2, 0.25) is 0 Å². The number of benzene rings is 2. The van der Waals surface area contributed by atoms with E-state index in [1.807, 2.05) is 30.3 Å². The van der Waals surface area contributed by atoms with Crippen molar-refractivity contribution in [3.63, 3.8) is 0 Å². The fourth-order valence-corrected chi connectivity index (χ4v) is 3.06. The fourth-order valence-electron chi connectivity index (χ4n) is 2.44. The van der Waals surface area contributed by atoms with Crippen LogP contribution in [-0.4, -0.2) is 18.9 Å². The molecule has 21 heavy (non-hydrogen) atoms. The van der Waals surface area contributed by atoms with Crippen LogP contribution in [0.3, 0.4) is 0 Å². The average Bonchev–Trinajstić information content (AvgIpc) is 2.89. The van der Waals surface area contributed by atoms with E-state index in [0.717, 1.165) is 11.4 Å². The van der Waals surface area contributed by atoms with E-state index < -0.39 is 5.76 Å². The van der Waals surface area contributed by atoms with Crippen molar-refractivity contribution in [2.45, 2.75) is 16.6 Å². The second-order valence-corrected chi connectivity index (χ2v) is 5.83. The Labute approximate surface area is 126 Å². The zero-order chi connectivity index (χ0) is 14.7. The average molecular weight is 307 g/mol. The van der Waals surface area contributed by atoms with Gasteiger partial charge in [0.2, 0.25) is 0 Å². The van der Waals surface area contributed by atoms with E-state index in [4.69, 9.17) is 4.74 Å². The highest BCUT2D eigenvalue weighted by atomic mass is 32.2. The third-order valence-electron chi connectivity index (χ3n) is 3.44. The predicted octanol–water partition coefficient (Wildman–Crippen LogP) is 4.59. The minimum atomic E-state index is -2.41. The predicted molar refractivity (Wildman–Crippen MR) is 81.5 cm³/mol. The first kappa shape index (κ1) is 14.2. The van der Waals surface area contributed by atoms with Gasteiger partial charge in [0.15, 0.2) is 0 Å². The first-order valence-corrected chi connectivity index (χ1v) is 7.61. The maximum Gasteiger partial charge on any atom is 0.288 e. The molecule has 5 heteroatoms. The van der Waals surface area contributed by atoms with Gasteiger partial charge in [-0.2, -0.15) is 8.78 Å². The van der Waals surface area contributed by atoms with Crippen LogP contribution in [-0.2, 0) is 0 Å². The van der Waals surface area contributed by atoms with Crippen molar-refractivity contribution >= 4 is 17.4 Å². The number of hydrogen-bond acceptors (Lipinski definition) is 3. The lowest BCUT2D eigenvalue weighted by Gasteiger charge is -2.14. The van der Waals surface area contributed by atoms with Gasteiger partial charge in [0.1, 0.15) is 5.75 Å². The van der Waals surface area contributed by atoms with Crippen LogP contribution in [0.25, 0.3) is 0 Å². The summed E-state index contributed by atoms with van der Waals surface area (Å²) in [6, 6.07) is 15.1. The molecule has 0 aromatic heterocycles. The third-order valence-corrected chi connectivity index (χ3v) is 4.23. The molecular weight excluding hydrogens is 292 g/mol. The van der Waals surface area contributed by atoms with Crippen molar-refractivity contribution in [2.75, 3.05) is 18.5 Å². The largest absolute Gasteiger partial charge is 0.493 e. The molecule has 1 aliphatic heterocycles. The molecule has 1 heterocycles. The Morgan fingerprint density at radius 1 is 1.14 bits per heavy atom. The van der Waals surface area contributed by atoms with Crippen molar-refractivity contribution in [2.24, 2.45) is 0 Å². The van der Waals surface area contributed by atoms with Gasteiger partial charge in [0.05, 0.1) is 6.61 Å². The number of halogens is 2. The highest BCUT2D eigenvalue weighted by Gasteiger charge is 2.23. The maximum atomic E-state index is 12.6. The molecule has 0 bridgehead atoms. The van der Waals surface area contributed by atoms with Crippen LogP contribution >= 0.6 is 11.8 Å². The third kappa shape index (κ3) is 3.29. The van der Waals surface area contributed by atoms with Gasteiger partial charge in [-0.3, -0.25) is 0 Å². The second kappa shape index (κ2) is 6.35. The molecule has 0 spiro atoms. The number of thioether (sulfide) groups is 1. The number of alkyl halides is 2. The van der Waals surface area contributed by atoms with Gasteiger partial charge >= 0.3 is 0 Å². The Balaban J connectivity index is 1.69. The van der Waals surface area contributed by atoms with Gasteiger partial charge in [0, 0.05) is 28.6 Å². The number of hydrogen-bond donors (Lipinski definition) is 1. The van der Waals surface area contributed by atoms with Crippen LogP contribution in [0.5, 0.6) is 5.75 Å². The lowest BCUT2D eigenvalue weighted by molar-refractivity contribution is 0.252. The summed E-state index contributed by atoms with van der Waals surface area (Å²) in [4.78, 5) is 0.569. The van der Waals surface area contributed by atoms with Gasteiger partial charge in [-0.15, -0.1) is 0 Å². The number of rotatable bonds is 5. The molecule has 0 radical (unpaired) electrons. The summed E-state index contributed by atoms with van der Waals surface area (Å²) < 4.78 is 30.7. The summed E-state index contributed by atoms with van der Waals surface area (Å²) in [5.74, 6) is -1.26. The number of nitrogens with one attached hydrogen (secondary N) is 1. The quantitative estimate of drug-likeness (QED) is 0.816. The van der Waals surface area contributed by atoms with E-state index in [1.54, 1.807) is 12.1 Å². The van der Waals surface area contributed by atoms with Crippen LogP contribution in [0.15, 0.2) is 53.4 Å². The molecule has 1 atom stereocenters. The molecule has 1 unspecified atom stereocenters. The Morgan fingerprint density at radius 2 is 1.90 bits per heavy atom. The summed E-state index contributed by atoms with van der Waals surface area (Å²) in [5, 5.41) is 3.27. The zero-order valence-electron chi connectivity index (χ0n) is 11.3. The minimum absolute atomic E-state index is 0.241. The summed E-state index contributed by atoms with van der Waals surface area (Å²) in [6.07, 6.45) is 0. The van der Waals surface area contributed by atoms with Crippen molar-refractivity contribution in [1.82, 2.24) is 0 Å². The Kier molecular flexibility index (Phi) is 4.29. The second-order valence-electron chi connectivity index (χ2n) is 4.80. The smallest absolute Gasteiger partial charge is 0.288 e. The Hall–Kier alpha value is -1.75. The molecule has 2 aromatic carbocycles. The first-order chi connectivity index (χ1) is 10.2. The summed E-state index contributed by atoms with van der Waals surface area (Å²) in [7, 11) is 0. The van der Waals surface area contributed by atoms with E-state index in [2.05, 4.69) is 11.4 Å². The molecule has 3 rings (SSSR count). The van der Waals surface area contributed by atoms with Crippen LogP contribution in [0, 0.1) is 0 Å². The lowest BCUT2D eigenvalue weighted by Crippen LogP contribution is -2.14. The molecule has 0 aliphatic carbocycles. The number of para-hydroxylation sites is 2. The number of fused-ring (bicyclic) bond motifs is 1. The van der Waals surface area contributed by atoms with E-state index in [0.29, 0.717) is 29.8 Å². The lowest BCUT2D eigenvalue weighted by atomic mass is 10.0. The Morgan fingerprint density at radius 3 is 2.76 bits per heavy atom. The van der Waals surface area contributed by atoms with E-state index >= 15 is 0 Å². The normalized spacial score (nSPS) is 16.6. The standard InChI is InChI=1S/C16H15F2NOS/c17-16(18)21-15-8-4-2-6-13(15)19-9-11-10-20-14-7-3-1-5-12(11)14/h1-8,11,16,19H,9-10H2. The van der Waals surface area contributed by atoms with Gasteiger partial charge in [0.25, 0.3) is 5.76 Å². The molecule has 0 saturated carbocycles. The van der Waals surface area contributed by atoms with Crippen molar-refractivity contribution in [3.8, 4) is 5.75 Å². The number of anilines is 1. The van der Waals surface area contributed by atoms with E-state index in [9.17, 15) is 8.78 Å².